The van der Waals surface area contributed by atoms with Crippen LogP contribution in [0.5, 0.6) is 0 Å². The summed E-state index contributed by atoms with van der Waals surface area (Å²) in [4.78, 5) is 37.3. The van der Waals surface area contributed by atoms with Crippen molar-refractivity contribution in [1.29, 1.82) is 0 Å². The Hall–Kier alpha value is -1.51. The van der Waals surface area contributed by atoms with Gasteiger partial charge in [-0.1, -0.05) is 154 Å². The molecule has 0 heterocycles. The van der Waals surface area contributed by atoms with Crippen molar-refractivity contribution in [3.8, 4) is 0 Å². The first-order chi connectivity index (χ1) is 24.5. The average Bonchev–Trinajstić information content (AvgIpc) is 3.07. The Morgan fingerprint density at radius 1 is 0.608 bits per heavy atom. The predicted octanol–water partition coefficient (Wildman–Crippen LogP) is 10.6. The first-order valence-electron chi connectivity index (χ1n) is 20.5. The van der Waals surface area contributed by atoms with Gasteiger partial charge in [-0.3, -0.25) is 14.2 Å². The maximum atomic E-state index is 12.6. The Labute approximate surface area is 313 Å². The van der Waals surface area contributed by atoms with Crippen LogP contribution in [0.3, 0.4) is 0 Å². The molecule has 0 saturated carbocycles. The third-order valence-electron chi connectivity index (χ3n) is 8.74. The summed E-state index contributed by atoms with van der Waals surface area (Å²) in [6.07, 6.45) is 35.0. The second-order valence-corrected chi connectivity index (χ2v) is 16.4. The highest BCUT2D eigenvalue weighted by atomic mass is 31.2. The molecular formula is C41H78NO8P. The molecule has 0 aliphatic heterocycles. The lowest BCUT2D eigenvalue weighted by Gasteiger charge is -2.28. The maximum Gasteiger partial charge on any atom is 0.306 e. The number of esters is 2. The van der Waals surface area contributed by atoms with Crippen LogP contribution >= 0.6 is 7.82 Å². The molecule has 0 N–H and O–H groups in total. The number of hydrogen-bond donors (Lipinski definition) is 0. The molecule has 300 valence electrons. The number of unbranched alkanes of at least 4 members (excludes halogenated alkanes) is 19. The van der Waals surface area contributed by atoms with E-state index in [1.54, 1.807) is 0 Å². The number of phosphoric acid groups is 1. The van der Waals surface area contributed by atoms with E-state index >= 15 is 0 Å². The fourth-order valence-electron chi connectivity index (χ4n) is 5.47. The minimum atomic E-state index is -4.63. The zero-order valence-electron chi connectivity index (χ0n) is 33.6. The lowest BCUT2D eigenvalue weighted by Crippen LogP contribution is -2.37. The molecule has 0 fully saturated rings. The van der Waals surface area contributed by atoms with E-state index < -0.39 is 32.5 Å². The standard InChI is InChI=1S/C41H78NO8P/c1-6-8-10-12-14-16-18-20-21-22-24-26-28-30-32-34-41(44)50-39(38-49-51(45,46)48-36-35-42(3,4)5)37-47-40(43)33-31-29-27-25-23-19-17-15-13-11-9-7-2/h22,24,28,30,39H,6-21,23,25-27,29,31-38H2,1-5H3/b24-22-,30-28-. The van der Waals surface area contributed by atoms with Crippen LogP contribution in [0.2, 0.25) is 0 Å². The zero-order chi connectivity index (χ0) is 37.9. The van der Waals surface area contributed by atoms with Gasteiger partial charge in [0.15, 0.2) is 6.10 Å². The van der Waals surface area contributed by atoms with Crippen molar-refractivity contribution in [1.82, 2.24) is 0 Å². The number of rotatable bonds is 37. The number of hydrogen-bond acceptors (Lipinski definition) is 8. The highest BCUT2D eigenvalue weighted by molar-refractivity contribution is 7.45. The van der Waals surface area contributed by atoms with Crippen molar-refractivity contribution >= 4 is 19.8 Å². The SMILES string of the molecule is CCCCCCCCCC/C=C\C/C=C\CCC(=O)OC(COC(=O)CCCCCCCCCCCCCC)COP(=O)([O-])OCC[N+](C)(C)C. The first kappa shape index (κ1) is 49.5. The van der Waals surface area contributed by atoms with Gasteiger partial charge < -0.3 is 27.9 Å². The topological polar surface area (TPSA) is 111 Å². The zero-order valence-corrected chi connectivity index (χ0v) is 34.4. The fraction of sp³-hybridized carbons (Fsp3) is 0.854. The molecule has 0 aliphatic carbocycles. The van der Waals surface area contributed by atoms with Gasteiger partial charge in [-0.25, -0.2) is 0 Å². The van der Waals surface area contributed by atoms with E-state index in [1.807, 2.05) is 33.3 Å². The second-order valence-electron chi connectivity index (χ2n) is 15.0. The van der Waals surface area contributed by atoms with Crippen LogP contribution in [0.15, 0.2) is 24.3 Å². The van der Waals surface area contributed by atoms with Crippen molar-refractivity contribution in [2.75, 3.05) is 47.5 Å². The van der Waals surface area contributed by atoms with Gasteiger partial charge in [0.2, 0.25) is 0 Å². The van der Waals surface area contributed by atoms with Crippen LogP contribution in [0, 0.1) is 0 Å². The highest BCUT2D eigenvalue weighted by Gasteiger charge is 2.21. The molecule has 2 atom stereocenters. The van der Waals surface area contributed by atoms with Gasteiger partial charge in [-0.15, -0.1) is 0 Å². The third-order valence-corrected chi connectivity index (χ3v) is 9.70. The molecule has 0 radical (unpaired) electrons. The molecule has 51 heavy (non-hydrogen) atoms. The van der Waals surface area contributed by atoms with E-state index in [0.29, 0.717) is 17.4 Å². The van der Waals surface area contributed by atoms with E-state index in [4.69, 9.17) is 18.5 Å². The third kappa shape index (κ3) is 38.0. The van der Waals surface area contributed by atoms with Crippen LogP contribution in [0.4, 0.5) is 0 Å². The molecule has 0 rings (SSSR count). The summed E-state index contributed by atoms with van der Waals surface area (Å²) in [5, 5.41) is 0. The normalized spacial score (nSPS) is 13.9. The molecule has 2 unspecified atom stereocenters. The number of allylic oxidation sites excluding steroid dienone is 4. The summed E-state index contributed by atoms with van der Waals surface area (Å²) in [6.45, 7) is 4.15. The van der Waals surface area contributed by atoms with E-state index in [9.17, 15) is 19.0 Å². The molecule has 0 aliphatic rings. The summed E-state index contributed by atoms with van der Waals surface area (Å²) < 4.78 is 33.7. The summed E-state index contributed by atoms with van der Waals surface area (Å²) in [7, 11) is 1.14. The van der Waals surface area contributed by atoms with Crippen molar-refractivity contribution < 1.29 is 42.1 Å². The Balaban J connectivity index is 4.48. The number of nitrogens with zero attached hydrogens (tertiary/aromatic N) is 1. The van der Waals surface area contributed by atoms with E-state index in [0.717, 1.165) is 32.1 Å². The largest absolute Gasteiger partial charge is 0.756 e. The first-order valence-corrected chi connectivity index (χ1v) is 22.0. The van der Waals surface area contributed by atoms with Gasteiger partial charge in [-0.05, 0) is 32.1 Å². The molecule has 10 heteroatoms. The second kappa shape index (κ2) is 34.3. The van der Waals surface area contributed by atoms with Gasteiger partial charge in [0.25, 0.3) is 7.82 Å². The average molecular weight is 744 g/mol. The molecule has 0 aromatic rings. The van der Waals surface area contributed by atoms with Crippen molar-refractivity contribution in [2.45, 2.75) is 180 Å². The van der Waals surface area contributed by atoms with Crippen LogP contribution in [0.25, 0.3) is 0 Å². The molecule has 0 bridgehead atoms. The number of carbonyl (C=O) groups excluding carboxylic acids is 2. The summed E-state index contributed by atoms with van der Waals surface area (Å²) in [6, 6.07) is 0. The Kier molecular flexibility index (Phi) is 33.3. The molecule has 0 spiro atoms. The Morgan fingerprint density at radius 2 is 1.10 bits per heavy atom. The van der Waals surface area contributed by atoms with E-state index in [2.05, 4.69) is 26.0 Å². The van der Waals surface area contributed by atoms with Crippen molar-refractivity contribution in [3.05, 3.63) is 24.3 Å². The van der Waals surface area contributed by atoms with E-state index in [-0.39, 0.29) is 26.1 Å². The number of carbonyl (C=O) groups is 2. The monoisotopic (exact) mass is 744 g/mol. The Morgan fingerprint density at radius 3 is 1.63 bits per heavy atom. The molecule has 9 nitrogen and oxygen atoms in total. The summed E-state index contributed by atoms with van der Waals surface area (Å²) in [5.41, 5.74) is 0. The predicted molar refractivity (Wildman–Crippen MR) is 208 cm³/mol. The van der Waals surface area contributed by atoms with Gasteiger partial charge in [-0.2, -0.15) is 0 Å². The van der Waals surface area contributed by atoms with Gasteiger partial charge >= 0.3 is 11.9 Å². The lowest BCUT2D eigenvalue weighted by atomic mass is 10.0. The minimum Gasteiger partial charge on any atom is -0.756 e. The molecule has 0 amide bonds. The molecular weight excluding hydrogens is 665 g/mol. The van der Waals surface area contributed by atoms with Crippen LogP contribution < -0.4 is 4.89 Å². The highest BCUT2D eigenvalue weighted by Crippen LogP contribution is 2.38. The molecule has 0 saturated heterocycles. The van der Waals surface area contributed by atoms with Crippen LogP contribution in [-0.4, -0.2) is 70.0 Å². The van der Waals surface area contributed by atoms with Crippen molar-refractivity contribution in [3.63, 3.8) is 0 Å². The van der Waals surface area contributed by atoms with Gasteiger partial charge in [0.05, 0.1) is 27.7 Å². The van der Waals surface area contributed by atoms with Gasteiger partial charge in [0.1, 0.15) is 19.8 Å². The quantitative estimate of drug-likeness (QED) is 0.0203. The molecule has 0 aromatic carbocycles. The summed E-state index contributed by atoms with van der Waals surface area (Å²) in [5.74, 6) is -0.909. The molecule has 0 aromatic heterocycles. The number of phosphoric ester groups is 1. The van der Waals surface area contributed by atoms with Gasteiger partial charge in [0, 0.05) is 12.8 Å². The minimum absolute atomic E-state index is 0.0382. The van der Waals surface area contributed by atoms with Crippen LogP contribution in [0.1, 0.15) is 174 Å². The summed E-state index contributed by atoms with van der Waals surface area (Å²) >= 11 is 0. The number of quaternary nitrogens is 1. The lowest BCUT2D eigenvalue weighted by molar-refractivity contribution is -0.870. The van der Waals surface area contributed by atoms with E-state index in [1.165, 1.54) is 109 Å². The fourth-order valence-corrected chi connectivity index (χ4v) is 6.20. The smallest absolute Gasteiger partial charge is 0.306 e. The number of ether oxygens (including phenoxy) is 2. The Bertz CT molecular complexity index is 933. The van der Waals surface area contributed by atoms with Crippen LogP contribution in [-0.2, 0) is 32.7 Å². The van der Waals surface area contributed by atoms with Crippen molar-refractivity contribution in [2.24, 2.45) is 0 Å². The maximum absolute atomic E-state index is 12.6. The number of likely N-dealkylation sites (N-methyl/N-ethyl adjacent to an activating group) is 1.